The first kappa shape index (κ1) is 10.7. The van der Waals surface area contributed by atoms with Crippen LogP contribution in [0.5, 0.6) is 0 Å². The monoisotopic (exact) mass is 223 g/mol. The number of amides is 1. The highest BCUT2D eigenvalue weighted by atomic mass is 16.4. The lowest BCUT2D eigenvalue weighted by atomic mass is 10.0. The van der Waals surface area contributed by atoms with Crippen molar-refractivity contribution in [3.05, 3.63) is 24.2 Å². The molecule has 1 aliphatic rings. The highest BCUT2D eigenvalue weighted by Gasteiger charge is 2.38. The predicted molar refractivity (Wildman–Crippen MR) is 54.9 cm³/mol. The van der Waals surface area contributed by atoms with Gasteiger partial charge >= 0.3 is 5.97 Å². The first-order valence-corrected chi connectivity index (χ1v) is 5.17. The second kappa shape index (κ2) is 4.00. The maximum atomic E-state index is 12.0. The average Bonchev–Trinajstić information content (AvgIpc) is 2.84. The Labute approximate surface area is 92.7 Å². The Balaban J connectivity index is 2.13. The van der Waals surface area contributed by atoms with Crippen LogP contribution in [0.4, 0.5) is 0 Å². The van der Waals surface area contributed by atoms with Gasteiger partial charge in [-0.25, -0.2) is 0 Å². The minimum atomic E-state index is -0.838. The van der Waals surface area contributed by atoms with Crippen molar-refractivity contribution in [2.45, 2.75) is 19.4 Å². The van der Waals surface area contributed by atoms with E-state index in [1.54, 1.807) is 17.9 Å². The van der Waals surface area contributed by atoms with Crippen molar-refractivity contribution in [2.75, 3.05) is 6.54 Å². The summed E-state index contributed by atoms with van der Waals surface area (Å²) < 4.78 is 4.84. The number of carbonyl (C=O) groups is 2. The van der Waals surface area contributed by atoms with E-state index in [1.165, 1.54) is 12.5 Å². The molecule has 5 nitrogen and oxygen atoms in total. The molecule has 0 spiro atoms. The molecule has 5 heteroatoms. The SMILES string of the molecule is CC1C(C(=O)O)CCN1C(=O)c1ccoc1. The van der Waals surface area contributed by atoms with Crippen LogP contribution in [0, 0.1) is 5.92 Å². The summed E-state index contributed by atoms with van der Waals surface area (Å²) in [5.41, 5.74) is 0.470. The molecule has 2 rings (SSSR count). The van der Waals surface area contributed by atoms with E-state index in [1.807, 2.05) is 0 Å². The lowest BCUT2D eigenvalue weighted by Crippen LogP contribution is -2.37. The summed E-state index contributed by atoms with van der Waals surface area (Å²) in [6.07, 6.45) is 3.33. The highest BCUT2D eigenvalue weighted by molar-refractivity contribution is 5.94. The summed E-state index contributed by atoms with van der Waals surface area (Å²) >= 11 is 0. The third-order valence-corrected chi connectivity index (χ3v) is 3.10. The maximum absolute atomic E-state index is 12.0. The number of furan rings is 1. The molecular formula is C11H13NO4. The Hall–Kier alpha value is -1.78. The van der Waals surface area contributed by atoms with Crippen LogP contribution in [-0.4, -0.2) is 34.5 Å². The normalized spacial score (nSPS) is 24.7. The van der Waals surface area contributed by atoms with E-state index in [9.17, 15) is 9.59 Å². The zero-order chi connectivity index (χ0) is 11.7. The lowest BCUT2D eigenvalue weighted by molar-refractivity contribution is -0.142. The molecule has 1 aromatic heterocycles. The lowest BCUT2D eigenvalue weighted by Gasteiger charge is -2.22. The van der Waals surface area contributed by atoms with Gasteiger partial charge in [0.15, 0.2) is 0 Å². The van der Waals surface area contributed by atoms with Gasteiger partial charge in [0.25, 0.3) is 5.91 Å². The third kappa shape index (κ3) is 1.68. The Kier molecular flexibility index (Phi) is 2.68. The van der Waals surface area contributed by atoms with Crippen LogP contribution in [0.25, 0.3) is 0 Å². The van der Waals surface area contributed by atoms with Crippen LogP contribution < -0.4 is 0 Å². The van der Waals surface area contributed by atoms with Gasteiger partial charge in [-0.05, 0) is 19.4 Å². The van der Waals surface area contributed by atoms with E-state index in [0.29, 0.717) is 18.5 Å². The van der Waals surface area contributed by atoms with Crippen LogP contribution in [0.3, 0.4) is 0 Å². The molecule has 1 amide bonds. The van der Waals surface area contributed by atoms with Crippen LogP contribution >= 0.6 is 0 Å². The second-order valence-corrected chi connectivity index (χ2v) is 3.98. The van der Waals surface area contributed by atoms with Gasteiger partial charge in [-0.3, -0.25) is 9.59 Å². The summed E-state index contributed by atoms with van der Waals surface area (Å²) in [5, 5.41) is 8.96. The zero-order valence-electron chi connectivity index (χ0n) is 8.92. The molecule has 2 atom stereocenters. The smallest absolute Gasteiger partial charge is 0.308 e. The van der Waals surface area contributed by atoms with Gasteiger partial charge in [0.2, 0.25) is 0 Å². The molecular weight excluding hydrogens is 210 g/mol. The molecule has 86 valence electrons. The highest BCUT2D eigenvalue weighted by Crippen LogP contribution is 2.26. The molecule has 0 saturated carbocycles. The molecule has 1 aliphatic heterocycles. The number of likely N-dealkylation sites (tertiary alicyclic amines) is 1. The van der Waals surface area contributed by atoms with Gasteiger partial charge in [-0.2, -0.15) is 0 Å². The molecule has 0 aromatic carbocycles. The Morgan fingerprint density at radius 3 is 2.81 bits per heavy atom. The van der Waals surface area contributed by atoms with Gasteiger partial charge in [-0.1, -0.05) is 0 Å². The van der Waals surface area contributed by atoms with Crippen molar-refractivity contribution in [1.82, 2.24) is 4.90 Å². The van der Waals surface area contributed by atoms with Gasteiger partial charge in [0.1, 0.15) is 6.26 Å². The Morgan fingerprint density at radius 1 is 1.56 bits per heavy atom. The fourth-order valence-electron chi connectivity index (χ4n) is 2.11. The minimum absolute atomic E-state index is 0.162. The van der Waals surface area contributed by atoms with E-state index >= 15 is 0 Å². The molecule has 1 saturated heterocycles. The topological polar surface area (TPSA) is 70.8 Å². The minimum Gasteiger partial charge on any atom is -0.481 e. The van der Waals surface area contributed by atoms with Crippen molar-refractivity contribution >= 4 is 11.9 Å². The van der Waals surface area contributed by atoms with Crippen LogP contribution in [0.15, 0.2) is 23.0 Å². The molecule has 0 radical (unpaired) electrons. The van der Waals surface area contributed by atoms with Crippen molar-refractivity contribution in [3.8, 4) is 0 Å². The Bertz CT molecular complexity index is 398. The molecule has 0 aliphatic carbocycles. The van der Waals surface area contributed by atoms with E-state index in [2.05, 4.69) is 0 Å². The fraction of sp³-hybridized carbons (Fsp3) is 0.455. The maximum Gasteiger partial charge on any atom is 0.308 e. The number of hydrogen-bond donors (Lipinski definition) is 1. The van der Waals surface area contributed by atoms with E-state index in [-0.39, 0.29) is 11.9 Å². The number of aliphatic carboxylic acids is 1. The molecule has 16 heavy (non-hydrogen) atoms. The van der Waals surface area contributed by atoms with Crippen LogP contribution in [0.1, 0.15) is 23.7 Å². The summed E-state index contributed by atoms with van der Waals surface area (Å²) in [7, 11) is 0. The summed E-state index contributed by atoms with van der Waals surface area (Å²) in [4.78, 5) is 24.5. The van der Waals surface area contributed by atoms with E-state index < -0.39 is 11.9 Å². The summed E-state index contributed by atoms with van der Waals surface area (Å²) in [6, 6.07) is 1.32. The number of carbonyl (C=O) groups excluding carboxylic acids is 1. The number of carboxylic acid groups (broad SMARTS) is 1. The largest absolute Gasteiger partial charge is 0.481 e. The molecule has 1 fully saturated rings. The molecule has 2 heterocycles. The first-order chi connectivity index (χ1) is 7.61. The van der Waals surface area contributed by atoms with Gasteiger partial charge in [0, 0.05) is 12.6 Å². The molecule has 2 unspecified atom stereocenters. The van der Waals surface area contributed by atoms with Gasteiger partial charge in [-0.15, -0.1) is 0 Å². The van der Waals surface area contributed by atoms with Crippen molar-refractivity contribution in [1.29, 1.82) is 0 Å². The first-order valence-electron chi connectivity index (χ1n) is 5.17. The number of hydrogen-bond acceptors (Lipinski definition) is 3. The van der Waals surface area contributed by atoms with E-state index in [4.69, 9.17) is 9.52 Å². The molecule has 1 aromatic rings. The average molecular weight is 223 g/mol. The van der Waals surface area contributed by atoms with Gasteiger partial charge < -0.3 is 14.4 Å². The predicted octanol–water partition coefficient (Wildman–Crippen LogP) is 1.21. The van der Waals surface area contributed by atoms with Crippen molar-refractivity contribution < 1.29 is 19.1 Å². The zero-order valence-corrected chi connectivity index (χ0v) is 8.92. The van der Waals surface area contributed by atoms with E-state index in [0.717, 1.165) is 0 Å². The molecule has 0 bridgehead atoms. The standard InChI is InChI=1S/C11H13NO4/c1-7-9(11(14)15)2-4-12(7)10(13)8-3-5-16-6-8/h3,5-7,9H,2,4H2,1H3,(H,14,15). The van der Waals surface area contributed by atoms with Crippen molar-refractivity contribution in [3.63, 3.8) is 0 Å². The van der Waals surface area contributed by atoms with Crippen LogP contribution in [0.2, 0.25) is 0 Å². The summed E-state index contributed by atoms with van der Waals surface area (Å²) in [5.74, 6) is -1.46. The van der Waals surface area contributed by atoms with Gasteiger partial charge in [0.05, 0.1) is 17.7 Å². The third-order valence-electron chi connectivity index (χ3n) is 3.10. The number of carboxylic acids is 1. The summed E-state index contributed by atoms with van der Waals surface area (Å²) in [6.45, 7) is 2.26. The van der Waals surface area contributed by atoms with Crippen LogP contribution in [-0.2, 0) is 4.79 Å². The number of nitrogens with zero attached hydrogens (tertiary/aromatic N) is 1. The quantitative estimate of drug-likeness (QED) is 0.818. The second-order valence-electron chi connectivity index (χ2n) is 3.98. The molecule has 1 N–H and O–H groups in total. The Morgan fingerprint density at radius 2 is 2.31 bits per heavy atom. The fourth-order valence-corrected chi connectivity index (χ4v) is 2.11. The number of rotatable bonds is 2. The van der Waals surface area contributed by atoms with Crippen molar-refractivity contribution in [2.24, 2.45) is 5.92 Å².